The Morgan fingerprint density at radius 1 is 0.895 bits per heavy atom. The van der Waals surface area contributed by atoms with Crippen LogP contribution in [-0.2, 0) is 41.7 Å². The van der Waals surface area contributed by atoms with Gasteiger partial charge in [0.05, 0.1) is 48.3 Å². The fourth-order valence-corrected chi connectivity index (χ4v) is 6.74. The number of anilines is 1. The second kappa shape index (κ2) is 21.8. The van der Waals surface area contributed by atoms with Crippen LogP contribution in [0.1, 0.15) is 98.5 Å². The van der Waals surface area contributed by atoms with E-state index in [1.54, 1.807) is 23.6 Å². The number of benzene rings is 2. The number of nitrogens with one attached hydrogen (secondary N) is 3. The average Bonchev–Trinajstić information content (AvgIpc) is 3.60. The van der Waals surface area contributed by atoms with Crippen molar-refractivity contribution in [2.45, 2.75) is 123 Å². The fraction of sp³-hybridized carbons (Fsp3) is 0.581. The molecule has 57 heavy (non-hydrogen) atoms. The number of aromatic nitrogens is 3. The monoisotopic (exact) mass is 789 g/mol. The first-order valence-electron chi connectivity index (χ1n) is 20.3. The van der Waals surface area contributed by atoms with Gasteiger partial charge in [-0.3, -0.25) is 14.4 Å². The first kappa shape index (κ1) is 45.0. The number of para-hydroxylation sites is 1. The SMILES string of the molecule is CCNC(CCCCNC(=O)OCCn1nnc2c1-c1ccccc1N(C(=O)CCC(=O)NCCC(C)(CC)OCCC(C)(C)OC)Cc1ccccc1-2)C(C)=O. The summed E-state index contributed by atoms with van der Waals surface area (Å²) in [6.45, 7) is 14.5. The molecule has 1 aromatic heterocycles. The predicted octanol–water partition coefficient (Wildman–Crippen LogP) is 6.21. The number of methoxy groups -OCH3 is 1. The second-order valence-electron chi connectivity index (χ2n) is 15.4. The summed E-state index contributed by atoms with van der Waals surface area (Å²) < 4.78 is 18.9. The summed E-state index contributed by atoms with van der Waals surface area (Å²) in [4.78, 5) is 53.1. The van der Waals surface area contributed by atoms with Gasteiger partial charge in [0.2, 0.25) is 11.8 Å². The summed E-state index contributed by atoms with van der Waals surface area (Å²) in [7, 11) is 1.70. The Balaban J connectivity index is 1.38. The van der Waals surface area contributed by atoms with Gasteiger partial charge in [0, 0.05) is 44.2 Å². The number of likely N-dealkylation sites (N-methyl/N-ethyl adjacent to an activating group) is 1. The number of ether oxygens (including phenoxy) is 3. The maximum absolute atomic E-state index is 14.0. The van der Waals surface area contributed by atoms with Crippen LogP contribution in [0.5, 0.6) is 0 Å². The van der Waals surface area contributed by atoms with Gasteiger partial charge in [-0.15, -0.1) is 5.10 Å². The molecule has 312 valence electrons. The lowest BCUT2D eigenvalue weighted by Gasteiger charge is -2.31. The molecule has 2 unspecified atom stereocenters. The van der Waals surface area contributed by atoms with Crippen LogP contribution in [0.3, 0.4) is 0 Å². The normalized spacial score (nSPS) is 13.9. The molecule has 14 heteroatoms. The number of alkyl carbamates (subject to hydrolysis) is 1. The van der Waals surface area contributed by atoms with Crippen molar-refractivity contribution < 1.29 is 33.4 Å². The Bertz CT molecular complexity index is 1790. The van der Waals surface area contributed by atoms with Crippen molar-refractivity contribution in [3.8, 4) is 22.5 Å². The molecule has 0 fully saturated rings. The van der Waals surface area contributed by atoms with Crippen LogP contribution in [0.4, 0.5) is 10.5 Å². The van der Waals surface area contributed by atoms with E-state index < -0.39 is 6.09 Å². The van der Waals surface area contributed by atoms with Crippen LogP contribution in [0, 0.1) is 0 Å². The number of nitrogens with zero attached hydrogens (tertiary/aromatic N) is 4. The molecule has 0 saturated carbocycles. The molecule has 1 aliphatic rings. The summed E-state index contributed by atoms with van der Waals surface area (Å²) in [5.74, 6) is -0.263. The van der Waals surface area contributed by atoms with Gasteiger partial charge in [-0.1, -0.05) is 61.5 Å². The third-order valence-corrected chi connectivity index (χ3v) is 10.8. The van der Waals surface area contributed by atoms with Crippen LogP contribution < -0.4 is 20.9 Å². The maximum atomic E-state index is 14.0. The van der Waals surface area contributed by atoms with E-state index in [1.807, 2.05) is 69.3 Å². The number of amides is 3. The fourth-order valence-electron chi connectivity index (χ4n) is 6.74. The Morgan fingerprint density at radius 3 is 2.35 bits per heavy atom. The van der Waals surface area contributed by atoms with Crippen LogP contribution in [-0.4, -0.2) is 95.9 Å². The lowest BCUT2D eigenvalue weighted by Crippen LogP contribution is -2.37. The topological polar surface area (TPSA) is 166 Å². The Kier molecular flexibility index (Phi) is 17.2. The van der Waals surface area contributed by atoms with Gasteiger partial charge in [0.25, 0.3) is 0 Å². The van der Waals surface area contributed by atoms with Crippen molar-refractivity contribution in [2.24, 2.45) is 0 Å². The van der Waals surface area contributed by atoms with E-state index in [0.717, 1.165) is 48.9 Å². The molecule has 2 atom stereocenters. The summed E-state index contributed by atoms with van der Waals surface area (Å²) in [5, 5.41) is 18.0. The minimum atomic E-state index is -0.533. The number of hydrogen-bond donors (Lipinski definition) is 3. The number of Topliss-reactive ketones (excluding diaryl/α,β-unsaturated/α-hetero) is 1. The zero-order chi connectivity index (χ0) is 41.4. The molecule has 3 N–H and O–H groups in total. The number of rotatable bonds is 23. The highest BCUT2D eigenvalue weighted by Gasteiger charge is 2.30. The lowest BCUT2D eigenvalue weighted by molar-refractivity contribution is -0.125. The number of hydrogen-bond acceptors (Lipinski definition) is 10. The largest absolute Gasteiger partial charge is 0.448 e. The molecular weight excluding hydrogens is 727 g/mol. The van der Waals surface area contributed by atoms with Crippen LogP contribution >= 0.6 is 0 Å². The van der Waals surface area contributed by atoms with Crippen molar-refractivity contribution in [2.75, 3.05) is 44.9 Å². The highest BCUT2D eigenvalue weighted by molar-refractivity contribution is 6.01. The van der Waals surface area contributed by atoms with Crippen LogP contribution in [0.15, 0.2) is 48.5 Å². The van der Waals surface area contributed by atoms with E-state index in [9.17, 15) is 19.2 Å². The smallest absolute Gasteiger partial charge is 0.407 e. The number of fused-ring (bicyclic) bond motifs is 5. The summed E-state index contributed by atoms with van der Waals surface area (Å²) >= 11 is 0. The van der Waals surface area contributed by atoms with Gasteiger partial charge in [0.15, 0.2) is 0 Å². The standard InChI is InChI=1S/C43H63N7O7/c1-8-43(6,57-28-24-42(4,5)55-7)23-26-45-37(52)21-22-38(53)49-30-32-16-10-11-17-33(32)39-40(34-18-12-13-20-36(34)49)50(48-47-39)27-29-56-41(54)46-25-15-14-19-35(31(3)51)44-9-2/h10-13,16-18,20,35,44H,8-9,14-15,19,21-30H2,1-7H3,(H,45,52)(H,46,54). The van der Waals surface area contributed by atoms with E-state index in [-0.39, 0.29) is 60.8 Å². The molecular formula is C43H63N7O7. The molecule has 1 aliphatic heterocycles. The molecule has 4 rings (SSSR count). The number of carbonyl (C=O) groups is 4. The van der Waals surface area contributed by atoms with Crippen LogP contribution in [0.25, 0.3) is 22.5 Å². The molecule has 0 radical (unpaired) electrons. The number of ketones is 1. The maximum Gasteiger partial charge on any atom is 0.407 e. The zero-order valence-corrected chi connectivity index (χ0v) is 34.9. The molecule has 0 spiro atoms. The van der Waals surface area contributed by atoms with Gasteiger partial charge < -0.3 is 35.1 Å². The molecule has 14 nitrogen and oxygen atoms in total. The predicted molar refractivity (Wildman–Crippen MR) is 221 cm³/mol. The molecule has 2 heterocycles. The van der Waals surface area contributed by atoms with E-state index in [4.69, 9.17) is 14.2 Å². The highest BCUT2D eigenvalue weighted by Crippen LogP contribution is 2.41. The van der Waals surface area contributed by atoms with E-state index in [1.165, 1.54) is 0 Å². The van der Waals surface area contributed by atoms with Crippen molar-refractivity contribution in [3.63, 3.8) is 0 Å². The third kappa shape index (κ3) is 13.2. The molecule has 0 aliphatic carbocycles. The Hall–Kier alpha value is -4.66. The number of unbranched alkanes of at least 4 members (excludes halogenated alkanes) is 1. The van der Waals surface area contributed by atoms with Crippen molar-refractivity contribution in [3.05, 3.63) is 54.1 Å². The molecule has 3 amide bonds. The first-order valence-corrected chi connectivity index (χ1v) is 20.3. The minimum Gasteiger partial charge on any atom is -0.448 e. The zero-order valence-electron chi connectivity index (χ0n) is 34.9. The highest BCUT2D eigenvalue weighted by atomic mass is 16.5. The van der Waals surface area contributed by atoms with Crippen molar-refractivity contribution in [1.82, 2.24) is 30.9 Å². The molecule has 2 aromatic carbocycles. The summed E-state index contributed by atoms with van der Waals surface area (Å²) in [6, 6.07) is 15.2. The van der Waals surface area contributed by atoms with E-state index in [2.05, 4.69) is 40.1 Å². The molecule has 3 aromatic rings. The van der Waals surface area contributed by atoms with Crippen molar-refractivity contribution >= 4 is 29.4 Å². The van der Waals surface area contributed by atoms with Gasteiger partial charge in [-0.25, -0.2) is 9.48 Å². The van der Waals surface area contributed by atoms with Gasteiger partial charge in [-0.2, -0.15) is 0 Å². The molecule has 0 saturated heterocycles. The van der Waals surface area contributed by atoms with Gasteiger partial charge >= 0.3 is 6.09 Å². The van der Waals surface area contributed by atoms with E-state index in [0.29, 0.717) is 56.2 Å². The number of carbonyl (C=O) groups excluding carboxylic acids is 4. The van der Waals surface area contributed by atoms with Crippen LogP contribution in [0.2, 0.25) is 0 Å². The Morgan fingerprint density at radius 2 is 1.63 bits per heavy atom. The third-order valence-electron chi connectivity index (χ3n) is 10.8. The quantitative estimate of drug-likeness (QED) is 0.0941. The second-order valence-corrected chi connectivity index (χ2v) is 15.4. The van der Waals surface area contributed by atoms with Crippen molar-refractivity contribution in [1.29, 1.82) is 0 Å². The first-order chi connectivity index (χ1) is 27.3. The molecule has 0 bridgehead atoms. The van der Waals surface area contributed by atoms with E-state index >= 15 is 0 Å². The summed E-state index contributed by atoms with van der Waals surface area (Å²) in [5.41, 5.74) is 3.87. The van der Waals surface area contributed by atoms with Gasteiger partial charge in [-0.05, 0) is 84.4 Å². The summed E-state index contributed by atoms with van der Waals surface area (Å²) in [6.07, 6.45) is 3.97. The average molecular weight is 790 g/mol. The lowest BCUT2D eigenvalue weighted by atomic mass is 9.95. The minimum absolute atomic E-state index is 0.0240. The van der Waals surface area contributed by atoms with Gasteiger partial charge in [0.1, 0.15) is 18.1 Å². The Labute approximate surface area is 337 Å².